The van der Waals surface area contributed by atoms with E-state index in [1.807, 2.05) is 6.92 Å². The van der Waals surface area contributed by atoms with Crippen LogP contribution in [0, 0.1) is 5.82 Å². The van der Waals surface area contributed by atoms with Gasteiger partial charge in [-0.1, -0.05) is 29.8 Å². The fourth-order valence-corrected chi connectivity index (χ4v) is 5.04. The van der Waals surface area contributed by atoms with Crippen LogP contribution in [0.25, 0.3) is 6.08 Å². The second-order valence-electron chi connectivity index (χ2n) is 7.84. The maximum absolute atomic E-state index is 14.0. The molecule has 190 valence electrons. The minimum absolute atomic E-state index is 0.00870. The van der Waals surface area contributed by atoms with Crippen molar-refractivity contribution in [1.82, 2.24) is 4.90 Å². The van der Waals surface area contributed by atoms with Gasteiger partial charge in [0.05, 0.1) is 22.5 Å². The van der Waals surface area contributed by atoms with E-state index in [2.05, 4.69) is 15.9 Å². The smallest absolute Gasteiger partial charge is 0.293 e. The number of hydrogen-bond acceptors (Lipinski definition) is 6. The van der Waals surface area contributed by atoms with Crippen molar-refractivity contribution in [3.05, 3.63) is 97.6 Å². The monoisotopic (exact) mass is 603 g/mol. The molecule has 0 aromatic heterocycles. The molecule has 3 aromatic carbocycles. The van der Waals surface area contributed by atoms with Gasteiger partial charge in [0.15, 0.2) is 17.3 Å². The Balaban J connectivity index is 1.53. The molecule has 37 heavy (non-hydrogen) atoms. The molecule has 0 atom stereocenters. The molecule has 1 aliphatic heterocycles. The van der Waals surface area contributed by atoms with Gasteiger partial charge in [-0.3, -0.25) is 19.3 Å². The Kier molecular flexibility index (Phi) is 8.68. The van der Waals surface area contributed by atoms with E-state index in [1.165, 1.54) is 6.07 Å². The molecule has 0 bridgehead atoms. The first-order valence-corrected chi connectivity index (χ1v) is 13.1. The standard InChI is InChI=1S/C27H20BrClFNO5S/c1-2-35-23-12-16(11-20(28)25(23)36-15-18-5-3-4-6-21(18)30)13-24-26(33)31(27(34)37-24)14-22(32)17-7-9-19(29)10-8-17/h3-13H,2,14-15H2,1H3/b24-13-. The first-order valence-electron chi connectivity index (χ1n) is 11.1. The molecule has 1 fully saturated rings. The number of ether oxygens (including phenoxy) is 2. The van der Waals surface area contributed by atoms with Crippen molar-refractivity contribution < 1.29 is 28.2 Å². The molecule has 10 heteroatoms. The second-order valence-corrected chi connectivity index (χ2v) is 10.1. The maximum Gasteiger partial charge on any atom is 0.293 e. The van der Waals surface area contributed by atoms with Crippen LogP contribution in [0.15, 0.2) is 70.0 Å². The van der Waals surface area contributed by atoms with Crippen LogP contribution in [0.4, 0.5) is 9.18 Å². The molecule has 0 unspecified atom stereocenters. The third-order valence-electron chi connectivity index (χ3n) is 5.30. The molecule has 1 saturated heterocycles. The van der Waals surface area contributed by atoms with Crippen LogP contribution in [0.5, 0.6) is 11.5 Å². The summed E-state index contributed by atoms with van der Waals surface area (Å²) in [5.74, 6) is -0.553. The topological polar surface area (TPSA) is 72.9 Å². The minimum Gasteiger partial charge on any atom is -0.490 e. The van der Waals surface area contributed by atoms with E-state index in [0.29, 0.717) is 44.3 Å². The Morgan fingerprint density at radius 3 is 2.54 bits per heavy atom. The van der Waals surface area contributed by atoms with E-state index in [1.54, 1.807) is 60.7 Å². The van der Waals surface area contributed by atoms with Crippen molar-refractivity contribution in [3.63, 3.8) is 0 Å². The van der Waals surface area contributed by atoms with Crippen LogP contribution < -0.4 is 9.47 Å². The molecule has 4 rings (SSSR count). The molecule has 3 aromatic rings. The molecule has 0 saturated carbocycles. The molecule has 6 nitrogen and oxygen atoms in total. The number of benzene rings is 3. The summed E-state index contributed by atoms with van der Waals surface area (Å²) in [6.45, 7) is 1.77. The first-order chi connectivity index (χ1) is 17.8. The van der Waals surface area contributed by atoms with Crippen molar-refractivity contribution >= 4 is 62.3 Å². The van der Waals surface area contributed by atoms with E-state index in [9.17, 15) is 18.8 Å². The summed E-state index contributed by atoms with van der Waals surface area (Å²) in [7, 11) is 0. The molecular weight excluding hydrogens is 585 g/mol. The van der Waals surface area contributed by atoms with Gasteiger partial charge in [0.2, 0.25) is 0 Å². The lowest BCUT2D eigenvalue weighted by Crippen LogP contribution is -2.33. The SMILES string of the molecule is CCOc1cc(/C=C2\SC(=O)N(CC(=O)c3ccc(Cl)cc3)C2=O)cc(Br)c1OCc1ccccc1F. The van der Waals surface area contributed by atoms with Crippen LogP contribution in [0.1, 0.15) is 28.4 Å². The Morgan fingerprint density at radius 1 is 1.11 bits per heavy atom. The molecule has 0 N–H and O–H groups in total. The van der Waals surface area contributed by atoms with E-state index in [4.69, 9.17) is 21.1 Å². The second kappa shape index (κ2) is 11.9. The van der Waals surface area contributed by atoms with Gasteiger partial charge in [0.25, 0.3) is 11.1 Å². The minimum atomic E-state index is -0.564. The van der Waals surface area contributed by atoms with Gasteiger partial charge in [-0.2, -0.15) is 0 Å². The van der Waals surface area contributed by atoms with Gasteiger partial charge in [0.1, 0.15) is 12.4 Å². The van der Waals surface area contributed by atoms with E-state index in [-0.39, 0.29) is 29.7 Å². The highest BCUT2D eigenvalue weighted by atomic mass is 79.9. The molecule has 1 heterocycles. The van der Waals surface area contributed by atoms with E-state index < -0.39 is 11.1 Å². The number of amides is 2. The molecule has 0 spiro atoms. The lowest BCUT2D eigenvalue weighted by molar-refractivity contribution is -0.122. The third kappa shape index (κ3) is 6.41. The Bertz CT molecular complexity index is 1400. The average molecular weight is 605 g/mol. The Hall–Kier alpha value is -3.14. The highest BCUT2D eigenvalue weighted by Gasteiger charge is 2.36. The number of carbonyl (C=O) groups excluding carboxylic acids is 3. The number of halogens is 3. The summed E-state index contributed by atoms with van der Waals surface area (Å²) < 4.78 is 26.1. The lowest BCUT2D eigenvalue weighted by Gasteiger charge is -2.15. The van der Waals surface area contributed by atoms with Gasteiger partial charge >= 0.3 is 0 Å². The molecular formula is C27H20BrClFNO5S. The van der Waals surface area contributed by atoms with Crippen molar-refractivity contribution in [2.75, 3.05) is 13.2 Å². The molecule has 0 aliphatic carbocycles. The maximum atomic E-state index is 14.0. The summed E-state index contributed by atoms with van der Waals surface area (Å²) in [6, 6.07) is 15.9. The van der Waals surface area contributed by atoms with Crippen molar-refractivity contribution in [1.29, 1.82) is 0 Å². The van der Waals surface area contributed by atoms with Gasteiger partial charge < -0.3 is 9.47 Å². The van der Waals surface area contributed by atoms with Gasteiger partial charge in [0, 0.05) is 16.1 Å². The lowest BCUT2D eigenvalue weighted by atomic mass is 10.1. The van der Waals surface area contributed by atoms with Gasteiger partial charge in [-0.15, -0.1) is 0 Å². The predicted molar refractivity (Wildman–Crippen MR) is 145 cm³/mol. The normalized spacial score (nSPS) is 14.4. The van der Waals surface area contributed by atoms with Gasteiger partial charge in [-0.25, -0.2) is 4.39 Å². The van der Waals surface area contributed by atoms with E-state index >= 15 is 0 Å². The zero-order valence-corrected chi connectivity index (χ0v) is 22.7. The number of rotatable bonds is 9. The van der Waals surface area contributed by atoms with Crippen molar-refractivity contribution in [2.45, 2.75) is 13.5 Å². The largest absolute Gasteiger partial charge is 0.490 e. The summed E-state index contributed by atoms with van der Waals surface area (Å²) in [6.07, 6.45) is 1.55. The number of imide groups is 1. The van der Waals surface area contributed by atoms with Crippen LogP contribution in [-0.2, 0) is 11.4 Å². The average Bonchev–Trinajstić information content (AvgIpc) is 3.12. The van der Waals surface area contributed by atoms with Crippen LogP contribution >= 0.6 is 39.3 Å². The fourth-order valence-electron chi connectivity index (χ4n) is 3.50. The van der Waals surface area contributed by atoms with Gasteiger partial charge in [-0.05, 0) is 88.7 Å². The first kappa shape index (κ1) is 26.9. The molecule has 0 radical (unpaired) electrons. The Morgan fingerprint density at radius 2 is 1.84 bits per heavy atom. The number of nitrogens with zero attached hydrogens (tertiary/aromatic N) is 1. The summed E-state index contributed by atoms with van der Waals surface area (Å²) >= 11 is 10.1. The summed E-state index contributed by atoms with van der Waals surface area (Å²) in [4.78, 5) is 39.1. The number of thioether (sulfide) groups is 1. The summed E-state index contributed by atoms with van der Waals surface area (Å²) in [5.41, 5.74) is 1.31. The van der Waals surface area contributed by atoms with Crippen LogP contribution in [-0.4, -0.2) is 35.0 Å². The van der Waals surface area contributed by atoms with Crippen molar-refractivity contribution in [3.8, 4) is 11.5 Å². The third-order valence-corrected chi connectivity index (χ3v) is 7.05. The summed E-state index contributed by atoms with van der Waals surface area (Å²) in [5, 5.41) is -0.0561. The zero-order valence-electron chi connectivity index (χ0n) is 19.5. The zero-order chi connectivity index (χ0) is 26.5. The number of carbonyl (C=O) groups is 3. The van der Waals surface area contributed by atoms with Crippen LogP contribution in [0.3, 0.4) is 0 Å². The number of hydrogen-bond donors (Lipinski definition) is 0. The quantitative estimate of drug-likeness (QED) is 0.191. The van der Waals surface area contributed by atoms with Crippen LogP contribution in [0.2, 0.25) is 5.02 Å². The fraction of sp³-hybridized carbons (Fsp3) is 0.148. The molecule has 1 aliphatic rings. The highest BCUT2D eigenvalue weighted by Crippen LogP contribution is 2.40. The van der Waals surface area contributed by atoms with E-state index in [0.717, 1.165) is 16.7 Å². The number of Topliss-reactive ketones (excluding diaryl/α,β-unsaturated/α-hetero) is 1. The number of ketones is 1. The predicted octanol–water partition coefficient (Wildman–Crippen LogP) is 7.14. The Labute approximate surface area is 230 Å². The van der Waals surface area contributed by atoms with Crippen molar-refractivity contribution in [2.24, 2.45) is 0 Å². The highest BCUT2D eigenvalue weighted by molar-refractivity contribution is 9.10. The molecule has 2 amide bonds.